The van der Waals surface area contributed by atoms with Crippen LogP contribution in [0.25, 0.3) is 5.76 Å². The molecule has 2 N–H and O–H groups in total. The maximum atomic E-state index is 12.9. The van der Waals surface area contributed by atoms with Crippen molar-refractivity contribution in [3.8, 4) is 11.5 Å². The number of ketones is 1. The molecule has 0 unspecified atom stereocenters. The number of carbonyl (C=O) groups is 2. The van der Waals surface area contributed by atoms with Crippen molar-refractivity contribution in [2.45, 2.75) is 13.0 Å². The number of hydrogen-bond donors (Lipinski definition) is 2. The first-order valence-corrected chi connectivity index (χ1v) is 9.90. The molecule has 0 radical (unpaired) electrons. The van der Waals surface area contributed by atoms with E-state index in [1.165, 1.54) is 4.90 Å². The summed E-state index contributed by atoms with van der Waals surface area (Å²) in [6, 6.07) is 7.67. The van der Waals surface area contributed by atoms with E-state index < -0.39 is 17.7 Å². The Labute approximate surface area is 174 Å². The van der Waals surface area contributed by atoms with Gasteiger partial charge in [0.1, 0.15) is 36.5 Å². The van der Waals surface area contributed by atoms with E-state index in [1.807, 2.05) is 14.1 Å². The van der Waals surface area contributed by atoms with Gasteiger partial charge in [-0.2, -0.15) is 0 Å². The second-order valence-electron chi connectivity index (χ2n) is 7.76. The van der Waals surface area contributed by atoms with E-state index in [0.29, 0.717) is 54.9 Å². The van der Waals surface area contributed by atoms with Crippen LogP contribution in [0.5, 0.6) is 11.5 Å². The lowest BCUT2D eigenvalue weighted by Gasteiger charge is -2.24. The number of benzene rings is 1. The van der Waals surface area contributed by atoms with Crippen LogP contribution in [0.2, 0.25) is 0 Å². The van der Waals surface area contributed by atoms with E-state index in [0.717, 1.165) is 4.90 Å². The average molecular weight is 413 g/mol. The van der Waals surface area contributed by atoms with E-state index in [1.54, 1.807) is 37.3 Å². The number of carbonyl (C=O) groups excluding carboxylic acids is 2. The number of amides is 1. The number of fused-ring (bicyclic) bond motifs is 1. The predicted molar refractivity (Wildman–Crippen MR) is 108 cm³/mol. The summed E-state index contributed by atoms with van der Waals surface area (Å²) in [5, 5.41) is 11.1. The molecule has 158 valence electrons. The van der Waals surface area contributed by atoms with Crippen molar-refractivity contribution in [2.24, 2.45) is 0 Å². The van der Waals surface area contributed by atoms with Crippen LogP contribution in [0.1, 0.15) is 23.1 Å². The molecule has 0 saturated carbocycles. The third kappa shape index (κ3) is 3.54. The highest BCUT2D eigenvalue weighted by Crippen LogP contribution is 2.41. The number of nitrogens with one attached hydrogen (secondary N) is 1. The van der Waals surface area contributed by atoms with Crippen molar-refractivity contribution in [3.05, 3.63) is 53.0 Å². The van der Waals surface area contributed by atoms with Gasteiger partial charge in [0.05, 0.1) is 32.8 Å². The maximum Gasteiger partial charge on any atom is 0.295 e. The fourth-order valence-electron chi connectivity index (χ4n) is 3.70. The van der Waals surface area contributed by atoms with Gasteiger partial charge in [0.2, 0.25) is 0 Å². The molecule has 0 spiro atoms. The van der Waals surface area contributed by atoms with Gasteiger partial charge in [-0.1, -0.05) is 0 Å². The van der Waals surface area contributed by atoms with Crippen molar-refractivity contribution in [3.63, 3.8) is 0 Å². The highest BCUT2D eigenvalue weighted by atomic mass is 16.6. The Bertz CT molecular complexity index is 1020. The molecule has 2 aliphatic heterocycles. The number of rotatable bonds is 5. The van der Waals surface area contributed by atoms with Gasteiger partial charge in [-0.25, -0.2) is 0 Å². The average Bonchev–Trinajstić information content (AvgIpc) is 3.26. The van der Waals surface area contributed by atoms with Crippen LogP contribution < -0.4 is 14.4 Å². The summed E-state index contributed by atoms with van der Waals surface area (Å²) in [6.07, 6.45) is 0. The first-order chi connectivity index (χ1) is 14.4. The number of Topliss-reactive ketones (excluding diaryl/α,β-unsaturated/α-hetero) is 1. The SMILES string of the molecule is Cc1ccc([C@H]2C(=C(O)c3ccc4c(c3)OCCO4)C(=O)C(=O)N2CC[NH+](C)C)o1. The number of hydrogen-bond acceptors (Lipinski definition) is 6. The second kappa shape index (κ2) is 7.87. The number of ether oxygens (including phenoxy) is 2. The summed E-state index contributed by atoms with van der Waals surface area (Å²) in [5.74, 6) is 0.535. The second-order valence-corrected chi connectivity index (χ2v) is 7.76. The van der Waals surface area contributed by atoms with Crippen molar-refractivity contribution in [1.29, 1.82) is 0 Å². The zero-order chi connectivity index (χ0) is 21.4. The molecule has 8 nitrogen and oxygen atoms in total. The minimum atomic E-state index is -0.786. The van der Waals surface area contributed by atoms with Gasteiger partial charge >= 0.3 is 0 Å². The van der Waals surface area contributed by atoms with Crippen LogP contribution in [-0.4, -0.2) is 62.1 Å². The number of quaternary nitrogens is 1. The molecule has 1 fully saturated rings. The number of likely N-dealkylation sites (tertiary alicyclic amines) is 1. The number of furan rings is 1. The lowest BCUT2D eigenvalue weighted by molar-refractivity contribution is -0.857. The summed E-state index contributed by atoms with van der Waals surface area (Å²) >= 11 is 0. The largest absolute Gasteiger partial charge is 0.507 e. The molecule has 0 bridgehead atoms. The number of likely N-dealkylation sites (N-methyl/N-ethyl adjacent to an activating group) is 1. The Balaban J connectivity index is 1.80. The molecule has 1 saturated heterocycles. The zero-order valence-electron chi connectivity index (χ0n) is 17.2. The molecule has 1 atom stereocenters. The first kappa shape index (κ1) is 20.0. The maximum absolute atomic E-state index is 12.9. The van der Waals surface area contributed by atoms with E-state index in [4.69, 9.17) is 13.9 Å². The lowest BCUT2D eigenvalue weighted by Crippen LogP contribution is -3.06. The Kier molecular flexibility index (Phi) is 5.26. The molecule has 1 aromatic carbocycles. The Hall–Kier alpha value is -3.26. The van der Waals surface area contributed by atoms with E-state index in [9.17, 15) is 14.7 Å². The Morgan fingerprint density at radius 3 is 2.53 bits per heavy atom. The summed E-state index contributed by atoms with van der Waals surface area (Å²) in [7, 11) is 3.94. The number of aryl methyl sites for hydroxylation is 1. The topological polar surface area (TPSA) is 93.6 Å². The normalized spacial score (nSPS) is 20.3. The molecule has 1 amide bonds. The minimum Gasteiger partial charge on any atom is -0.507 e. The smallest absolute Gasteiger partial charge is 0.295 e. The first-order valence-electron chi connectivity index (χ1n) is 9.90. The highest BCUT2D eigenvalue weighted by molar-refractivity contribution is 6.46. The van der Waals surface area contributed by atoms with Crippen molar-refractivity contribution in [2.75, 3.05) is 40.4 Å². The predicted octanol–water partition coefficient (Wildman–Crippen LogP) is 0.925. The fraction of sp³-hybridized carbons (Fsp3) is 0.364. The van der Waals surface area contributed by atoms with Crippen LogP contribution in [0.15, 0.2) is 40.3 Å². The molecule has 1 aromatic heterocycles. The molecule has 3 heterocycles. The fourth-order valence-corrected chi connectivity index (χ4v) is 3.70. The molecular formula is C22H25N2O6+. The van der Waals surface area contributed by atoms with E-state index in [-0.39, 0.29) is 11.3 Å². The van der Waals surface area contributed by atoms with E-state index >= 15 is 0 Å². The number of aliphatic hydroxyl groups excluding tert-OH is 1. The summed E-state index contributed by atoms with van der Waals surface area (Å²) in [4.78, 5) is 28.4. The van der Waals surface area contributed by atoms with Crippen molar-refractivity contribution < 1.29 is 33.5 Å². The van der Waals surface area contributed by atoms with Gasteiger partial charge in [-0.05, 0) is 37.3 Å². The quantitative estimate of drug-likeness (QED) is 0.430. The van der Waals surface area contributed by atoms with Crippen LogP contribution >= 0.6 is 0 Å². The van der Waals surface area contributed by atoms with Gasteiger partial charge in [-0.15, -0.1) is 0 Å². The third-order valence-electron chi connectivity index (χ3n) is 5.24. The van der Waals surface area contributed by atoms with Gasteiger partial charge < -0.3 is 28.8 Å². The molecular weight excluding hydrogens is 388 g/mol. The van der Waals surface area contributed by atoms with Gasteiger partial charge in [0, 0.05) is 5.56 Å². The summed E-state index contributed by atoms with van der Waals surface area (Å²) in [5.41, 5.74) is 0.392. The molecule has 4 rings (SSSR count). The number of aliphatic hydroxyl groups is 1. The van der Waals surface area contributed by atoms with E-state index in [2.05, 4.69) is 0 Å². The van der Waals surface area contributed by atoms with Gasteiger partial charge in [0.15, 0.2) is 11.5 Å². The minimum absolute atomic E-state index is 0.0137. The zero-order valence-corrected chi connectivity index (χ0v) is 17.2. The monoisotopic (exact) mass is 413 g/mol. The highest BCUT2D eigenvalue weighted by Gasteiger charge is 2.47. The lowest BCUT2D eigenvalue weighted by atomic mass is 9.99. The Morgan fingerprint density at radius 1 is 1.13 bits per heavy atom. The van der Waals surface area contributed by atoms with Crippen molar-refractivity contribution in [1.82, 2.24) is 4.90 Å². The summed E-state index contributed by atoms with van der Waals surface area (Å²) in [6.45, 7) is 3.65. The van der Waals surface area contributed by atoms with Gasteiger partial charge in [-0.3, -0.25) is 9.59 Å². The van der Waals surface area contributed by atoms with Crippen LogP contribution in [-0.2, 0) is 9.59 Å². The number of nitrogens with zero attached hydrogens (tertiary/aromatic N) is 1. The van der Waals surface area contributed by atoms with Crippen LogP contribution in [0.3, 0.4) is 0 Å². The molecule has 2 aromatic rings. The molecule has 30 heavy (non-hydrogen) atoms. The summed E-state index contributed by atoms with van der Waals surface area (Å²) < 4.78 is 16.9. The molecule has 0 aliphatic carbocycles. The van der Waals surface area contributed by atoms with Crippen molar-refractivity contribution >= 4 is 17.4 Å². The van der Waals surface area contributed by atoms with Crippen LogP contribution in [0.4, 0.5) is 0 Å². The molecule has 8 heteroatoms. The molecule has 2 aliphatic rings. The van der Waals surface area contributed by atoms with Crippen LogP contribution in [0, 0.1) is 6.92 Å². The Morgan fingerprint density at radius 2 is 1.87 bits per heavy atom. The standard InChI is InChI=1S/C22H24N2O6/c1-13-4-6-16(30-13)19-18(21(26)22(27)24(19)9-8-23(2)3)20(25)14-5-7-15-17(12-14)29-11-10-28-15/h4-7,12,19,25H,8-11H2,1-3H3/p+1/t19-/m0/s1. The van der Waals surface area contributed by atoms with Gasteiger partial charge in [0.25, 0.3) is 11.7 Å². The third-order valence-corrected chi connectivity index (χ3v) is 5.24.